The summed E-state index contributed by atoms with van der Waals surface area (Å²) in [6, 6.07) is -1.22. The Kier molecular flexibility index (Phi) is 10.3. The summed E-state index contributed by atoms with van der Waals surface area (Å²) in [6.07, 6.45) is 6.29. The number of carboxylic acids is 1. The lowest BCUT2D eigenvalue weighted by Gasteiger charge is -2.12. The van der Waals surface area contributed by atoms with Crippen molar-refractivity contribution in [3.63, 3.8) is 0 Å². The van der Waals surface area contributed by atoms with Gasteiger partial charge in [0.2, 0.25) is 11.8 Å². The van der Waals surface area contributed by atoms with Gasteiger partial charge in [-0.15, -0.1) is 0 Å². The lowest BCUT2D eigenvalue weighted by Crippen LogP contribution is -2.43. The number of nitrogens with two attached hydrogens (primary N) is 1. The number of rotatable bonds is 12. The lowest BCUT2D eigenvalue weighted by atomic mass is 10.0. The van der Waals surface area contributed by atoms with Crippen LogP contribution in [0.5, 0.6) is 0 Å². The van der Waals surface area contributed by atoms with E-state index in [1.54, 1.807) is 0 Å². The van der Waals surface area contributed by atoms with Crippen molar-refractivity contribution in [2.24, 2.45) is 11.7 Å². The molecule has 122 valence electrons. The predicted molar refractivity (Wildman–Crippen MR) is 80.5 cm³/mol. The Morgan fingerprint density at radius 1 is 1.05 bits per heavy atom. The molecule has 0 rings (SSSR count). The molecule has 0 radical (unpaired) electrons. The van der Waals surface area contributed by atoms with Crippen LogP contribution in [0.2, 0.25) is 0 Å². The summed E-state index contributed by atoms with van der Waals surface area (Å²) < 4.78 is 0. The van der Waals surface area contributed by atoms with E-state index in [9.17, 15) is 14.4 Å². The summed E-state index contributed by atoms with van der Waals surface area (Å²) in [5.41, 5.74) is 4.94. The Morgan fingerprint density at radius 3 is 2.14 bits per heavy atom. The van der Waals surface area contributed by atoms with E-state index in [2.05, 4.69) is 19.2 Å². The second-order valence-electron chi connectivity index (χ2n) is 5.83. The number of hydrogen-bond donors (Lipinski definition) is 3. The molecule has 0 aromatic carbocycles. The second kappa shape index (κ2) is 11.1. The van der Waals surface area contributed by atoms with Crippen molar-refractivity contribution in [3.8, 4) is 0 Å². The van der Waals surface area contributed by atoms with Gasteiger partial charge in [-0.1, -0.05) is 46.0 Å². The van der Waals surface area contributed by atoms with E-state index in [0.29, 0.717) is 0 Å². The van der Waals surface area contributed by atoms with Crippen LogP contribution in [0.3, 0.4) is 0 Å². The van der Waals surface area contributed by atoms with Gasteiger partial charge in [-0.05, 0) is 12.3 Å². The zero-order valence-electron chi connectivity index (χ0n) is 13.1. The van der Waals surface area contributed by atoms with E-state index in [1.807, 2.05) is 0 Å². The number of primary amides is 1. The van der Waals surface area contributed by atoms with Gasteiger partial charge in [-0.3, -0.25) is 9.59 Å². The van der Waals surface area contributed by atoms with Gasteiger partial charge < -0.3 is 16.2 Å². The van der Waals surface area contributed by atoms with Crippen LogP contribution in [0.1, 0.15) is 65.2 Å². The molecule has 0 spiro atoms. The minimum absolute atomic E-state index is 0.284. The quantitative estimate of drug-likeness (QED) is 0.477. The molecule has 0 heterocycles. The molecule has 1 unspecified atom stereocenters. The number of carbonyl (C=O) groups excluding carboxylic acids is 2. The molecule has 6 heteroatoms. The summed E-state index contributed by atoms with van der Waals surface area (Å²) in [6.45, 7) is 4.41. The maximum atomic E-state index is 11.6. The highest BCUT2D eigenvalue weighted by Crippen LogP contribution is 2.11. The van der Waals surface area contributed by atoms with Crippen molar-refractivity contribution in [3.05, 3.63) is 0 Å². The molecule has 0 bridgehead atoms. The molecule has 21 heavy (non-hydrogen) atoms. The fourth-order valence-corrected chi connectivity index (χ4v) is 2.04. The number of carboxylic acid groups (broad SMARTS) is 1. The Morgan fingerprint density at radius 2 is 1.62 bits per heavy atom. The Bertz CT molecular complexity index is 343. The van der Waals surface area contributed by atoms with Crippen LogP contribution >= 0.6 is 0 Å². The molecule has 4 N–H and O–H groups in total. The van der Waals surface area contributed by atoms with Crippen LogP contribution in [0.25, 0.3) is 0 Å². The van der Waals surface area contributed by atoms with Crippen LogP contribution in [0.15, 0.2) is 0 Å². The van der Waals surface area contributed by atoms with E-state index in [1.165, 1.54) is 19.3 Å². The molecular formula is C15H28N2O4. The van der Waals surface area contributed by atoms with Gasteiger partial charge in [-0.25, -0.2) is 4.79 Å². The van der Waals surface area contributed by atoms with Crippen molar-refractivity contribution in [2.45, 2.75) is 71.3 Å². The molecule has 2 amide bonds. The van der Waals surface area contributed by atoms with Crippen LogP contribution in [0.4, 0.5) is 0 Å². The van der Waals surface area contributed by atoms with E-state index >= 15 is 0 Å². The van der Waals surface area contributed by atoms with Crippen molar-refractivity contribution in [1.29, 1.82) is 0 Å². The van der Waals surface area contributed by atoms with Gasteiger partial charge in [0.1, 0.15) is 6.04 Å². The van der Waals surface area contributed by atoms with Crippen molar-refractivity contribution in [1.82, 2.24) is 5.32 Å². The fraction of sp³-hybridized carbons (Fsp3) is 0.800. The van der Waals surface area contributed by atoms with Gasteiger partial charge in [0.25, 0.3) is 0 Å². The van der Waals surface area contributed by atoms with E-state index < -0.39 is 17.9 Å². The van der Waals surface area contributed by atoms with Crippen LogP contribution in [-0.4, -0.2) is 28.9 Å². The fourth-order valence-electron chi connectivity index (χ4n) is 2.04. The van der Waals surface area contributed by atoms with Gasteiger partial charge in [-0.2, -0.15) is 0 Å². The summed E-state index contributed by atoms with van der Waals surface area (Å²) in [7, 11) is 0. The Labute approximate surface area is 126 Å². The first-order chi connectivity index (χ1) is 9.82. The van der Waals surface area contributed by atoms with Gasteiger partial charge in [0.15, 0.2) is 0 Å². The van der Waals surface area contributed by atoms with Gasteiger partial charge in [0, 0.05) is 6.42 Å². The molecule has 0 saturated carbocycles. The molecule has 0 aliphatic rings. The second-order valence-corrected chi connectivity index (χ2v) is 5.83. The molecular weight excluding hydrogens is 272 g/mol. The summed E-state index contributed by atoms with van der Waals surface area (Å²) in [5.74, 6) is -1.59. The van der Waals surface area contributed by atoms with Crippen molar-refractivity contribution in [2.75, 3.05) is 0 Å². The summed E-state index contributed by atoms with van der Waals surface area (Å²) in [5, 5.41) is 11.2. The first-order valence-corrected chi connectivity index (χ1v) is 7.63. The average Bonchev–Trinajstić information content (AvgIpc) is 2.35. The molecule has 0 saturated heterocycles. The maximum absolute atomic E-state index is 11.6. The third-order valence-corrected chi connectivity index (χ3v) is 3.22. The van der Waals surface area contributed by atoms with Gasteiger partial charge >= 0.3 is 5.97 Å². The number of carbonyl (C=O) groups is 3. The monoisotopic (exact) mass is 300 g/mol. The molecule has 0 aliphatic heterocycles. The van der Waals surface area contributed by atoms with E-state index in [-0.39, 0.29) is 18.7 Å². The normalized spacial score (nSPS) is 12.1. The molecule has 0 fully saturated rings. The summed E-state index contributed by atoms with van der Waals surface area (Å²) >= 11 is 0. The molecule has 0 aromatic rings. The number of aliphatic carboxylic acids is 1. The Balaban J connectivity index is 3.73. The van der Waals surface area contributed by atoms with Crippen molar-refractivity contribution >= 4 is 17.8 Å². The first-order valence-electron chi connectivity index (χ1n) is 7.63. The van der Waals surface area contributed by atoms with Crippen LogP contribution < -0.4 is 11.1 Å². The van der Waals surface area contributed by atoms with Crippen LogP contribution in [-0.2, 0) is 14.4 Å². The van der Waals surface area contributed by atoms with Gasteiger partial charge in [0.05, 0.1) is 6.42 Å². The maximum Gasteiger partial charge on any atom is 0.326 e. The highest BCUT2D eigenvalue weighted by Gasteiger charge is 2.21. The molecule has 1 atom stereocenters. The lowest BCUT2D eigenvalue weighted by molar-refractivity contribution is -0.143. The minimum atomic E-state index is -1.24. The Hall–Kier alpha value is -1.59. The first kappa shape index (κ1) is 19.4. The third kappa shape index (κ3) is 11.9. The number of amides is 2. The third-order valence-electron chi connectivity index (χ3n) is 3.22. The standard InChI is InChI=1S/C15H28N2O4/c1-11(2)8-6-4-3-5-7-9-14(19)17-12(15(20)21)10-13(16)18/h11-12H,3-10H2,1-2H3,(H2,16,18)(H,17,19)(H,20,21). The molecule has 0 aromatic heterocycles. The average molecular weight is 300 g/mol. The minimum Gasteiger partial charge on any atom is -0.480 e. The van der Waals surface area contributed by atoms with E-state index in [4.69, 9.17) is 10.8 Å². The predicted octanol–water partition coefficient (Wildman–Crippen LogP) is 1.82. The SMILES string of the molecule is CC(C)CCCCCCCC(=O)NC(CC(N)=O)C(=O)O. The highest BCUT2D eigenvalue weighted by molar-refractivity contribution is 5.88. The zero-order valence-corrected chi connectivity index (χ0v) is 13.1. The largest absolute Gasteiger partial charge is 0.480 e. The van der Waals surface area contributed by atoms with Crippen LogP contribution in [0, 0.1) is 5.92 Å². The molecule has 6 nitrogen and oxygen atoms in total. The number of hydrogen-bond acceptors (Lipinski definition) is 3. The molecule has 0 aliphatic carbocycles. The van der Waals surface area contributed by atoms with E-state index in [0.717, 1.165) is 25.2 Å². The smallest absolute Gasteiger partial charge is 0.326 e. The topological polar surface area (TPSA) is 109 Å². The number of nitrogens with one attached hydrogen (secondary N) is 1. The summed E-state index contributed by atoms with van der Waals surface area (Å²) in [4.78, 5) is 33.2. The van der Waals surface area contributed by atoms with Crippen molar-refractivity contribution < 1.29 is 19.5 Å². The highest BCUT2D eigenvalue weighted by atomic mass is 16.4. The number of unbranched alkanes of at least 4 members (excludes halogenated alkanes) is 4. The zero-order chi connectivity index (χ0) is 16.3.